The zero-order chi connectivity index (χ0) is 54.3. The molecule has 0 fully saturated rings. The Hall–Kier alpha value is -2.89. The first-order chi connectivity index (χ1) is 37.0. The summed E-state index contributed by atoms with van der Waals surface area (Å²) in [7, 11) is 0. The van der Waals surface area contributed by atoms with E-state index in [2.05, 4.69) is 81.5 Å². The standard InChI is InChI=1S/C69H124O6/c1-4-7-10-13-16-19-22-25-28-31-33-34-35-36-37-39-41-44-47-50-53-56-59-62-68(71)74-65-66(64-73-67(70)61-58-55-52-49-46-43-40-30-27-24-21-18-15-12-9-6-3)75-69(72)63-60-57-54-51-48-45-42-38-32-29-26-23-20-17-14-11-8-5-2/h20,22-23,25,29,31-33,35-36,66H,4-19,21,24,26-28,30,34,37-65H2,1-3H3/b23-20-,25-22-,32-29-,33-31-,36-35-. The van der Waals surface area contributed by atoms with Gasteiger partial charge in [0.1, 0.15) is 13.2 Å². The van der Waals surface area contributed by atoms with Crippen molar-refractivity contribution in [3.05, 3.63) is 60.8 Å². The van der Waals surface area contributed by atoms with Crippen LogP contribution in [-0.4, -0.2) is 37.2 Å². The van der Waals surface area contributed by atoms with Gasteiger partial charge in [-0.05, 0) is 89.9 Å². The van der Waals surface area contributed by atoms with Crippen molar-refractivity contribution in [2.45, 2.75) is 348 Å². The largest absolute Gasteiger partial charge is 0.462 e. The molecule has 6 heteroatoms. The second-order valence-corrected chi connectivity index (χ2v) is 22.0. The molecule has 0 aromatic heterocycles. The minimum atomic E-state index is -0.781. The van der Waals surface area contributed by atoms with Gasteiger partial charge < -0.3 is 14.2 Å². The Morgan fingerprint density at radius 1 is 0.267 bits per heavy atom. The van der Waals surface area contributed by atoms with Crippen LogP contribution in [0.15, 0.2) is 60.8 Å². The molecule has 0 aromatic rings. The van der Waals surface area contributed by atoms with Crippen LogP contribution in [0.4, 0.5) is 0 Å². The van der Waals surface area contributed by atoms with Crippen molar-refractivity contribution >= 4 is 17.9 Å². The molecule has 0 N–H and O–H groups in total. The van der Waals surface area contributed by atoms with E-state index in [1.165, 1.54) is 212 Å². The number of hydrogen-bond acceptors (Lipinski definition) is 6. The fraction of sp³-hybridized carbons (Fsp3) is 0.812. The molecule has 0 spiro atoms. The predicted octanol–water partition coefficient (Wildman–Crippen LogP) is 22.3. The van der Waals surface area contributed by atoms with E-state index in [-0.39, 0.29) is 31.1 Å². The Morgan fingerprint density at radius 2 is 0.480 bits per heavy atom. The molecular weight excluding hydrogens is 925 g/mol. The van der Waals surface area contributed by atoms with Crippen LogP contribution in [0.25, 0.3) is 0 Å². The van der Waals surface area contributed by atoms with E-state index in [1.54, 1.807) is 0 Å². The van der Waals surface area contributed by atoms with Crippen molar-refractivity contribution in [1.82, 2.24) is 0 Å². The van der Waals surface area contributed by atoms with E-state index >= 15 is 0 Å². The molecule has 0 aliphatic carbocycles. The highest BCUT2D eigenvalue weighted by molar-refractivity contribution is 5.71. The second-order valence-electron chi connectivity index (χ2n) is 22.0. The maximum absolute atomic E-state index is 12.9. The average Bonchev–Trinajstić information content (AvgIpc) is 3.41. The minimum Gasteiger partial charge on any atom is -0.462 e. The van der Waals surface area contributed by atoms with Gasteiger partial charge in [0.2, 0.25) is 0 Å². The topological polar surface area (TPSA) is 78.9 Å². The molecule has 0 amide bonds. The van der Waals surface area contributed by atoms with Crippen LogP contribution in [0.5, 0.6) is 0 Å². The van der Waals surface area contributed by atoms with E-state index in [4.69, 9.17) is 14.2 Å². The molecule has 0 bridgehead atoms. The van der Waals surface area contributed by atoms with Gasteiger partial charge in [0.15, 0.2) is 6.10 Å². The molecule has 436 valence electrons. The second kappa shape index (κ2) is 63.6. The maximum Gasteiger partial charge on any atom is 0.306 e. The molecule has 0 rings (SSSR count). The van der Waals surface area contributed by atoms with Crippen molar-refractivity contribution in [1.29, 1.82) is 0 Å². The molecule has 0 saturated carbocycles. The molecule has 0 aromatic carbocycles. The third-order valence-electron chi connectivity index (χ3n) is 14.5. The van der Waals surface area contributed by atoms with Gasteiger partial charge in [0, 0.05) is 19.3 Å². The zero-order valence-electron chi connectivity index (χ0n) is 50.1. The van der Waals surface area contributed by atoms with E-state index < -0.39 is 6.10 Å². The first kappa shape index (κ1) is 72.1. The summed E-state index contributed by atoms with van der Waals surface area (Å²) in [5, 5.41) is 0. The van der Waals surface area contributed by atoms with Gasteiger partial charge in [-0.1, -0.05) is 293 Å². The monoisotopic (exact) mass is 1050 g/mol. The summed E-state index contributed by atoms with van der Waals surface area (Å²) in [6.07, 6.45) is 80.7. The lowest BCUT2D eigenvalue weighted by Gasteiger charge is -2.18. The molecular formula is C69H124O6. The van der Waals surface area contributed by atoms with Crippen molar-refractivity contribution in [2.24, 2.45) is 0 Å². The van der Waals surface area contributed by atoms with E-state index in [9.17, 15) is 14.4 Å². The fourth-order valence-electron chi connectivity index (χ4n) is 9.54. The Bertz CT molecular complexity index is 1340. The van der Waals surface area contributed by atoms with E-state index in [0.29, 0.717) is 19.3 Å². The zero-order valence-corrected chi connectivity index (χ0v) is 50.1. The number of unbranched alkanes of at least 4 members (excludes halogenated alkanes) is 39. The quantitative estimate of drug-likeness (QED) is 0.0261. The highest BCUT2D eigenvalue weighted by Gasteiger charge is 2.19. The predicted molar refractivity (Wildman–Crippen MR) is 325 cm³/mol. The summed E-state index contributed by atoms with van der Waals surface area (Å²) in [5.74, 6) is -0.872. The van der Waals surface area contributed by atoms with Crippen molar-refractivity contribution in [3.8, 4) is 0 Å². The first-order valence-electron chi connectivity index (χ1n) is 32.8. The van der Waals surface area contributed by atoms with Crippen LogP contribution >= 0.6 is 0 Å². The van der Waals surface area contributed by atoms with E-state index in [1.807, 2.05) is 0 Å². The molecule has 75 heavy (non-hydrogen) atoms. The smallest absolute Gasteiger partial charge is 0.306 e. The van der Waals surface area contributed by atoms with Gasteiger partial charge in [0.05, 0.1) is 0 Å². The Labute approximate surface area is 466 Å². The average molecular weight is 1050 g/mol. The normalized spacial score (nSPS) is 12.4. The van der Waals surface area contributed by atoms with Gasteiger partial charge in [0.25, 0.3) is 0 Å². The fourth-order valence-corrected chi connectivity index (χ4v) is 9.54. The van der Waals surface area contributed by atoms with Crippen LogP contribution in [-0.2, 0) is 28.6 Å². The molecule has 1 atom stereocenters. The third kappa shape index (κ3) is 61.8. The minimum absolute atomic E-state index is 0.0766. The highest BCUT2D eigenvalue weighted by Crippen LogP contribution is 2.17. The summed E-state index contributed by atoms with van der Waals surface area (Å²) in [6, 6.07) is 0. The number of esters is 3. The van der Waals surface area contributed by atoms with Crippen LogP contribution in [0.2, 0.25) is 0 Å². The molecule has 6 nitrogen and oxygen atoms in total. The molecule has 0 aliphatic rings. The van der Waals surface area contributed by atoms with Crippen LogP contribution in [0.3, 0.4) is 0 Å². The van der Waals surface area contributed by atoms with Crippen molar-refractivity contribution < 1.29 is 28.6 Å². The lowest BCUT2D eigenvalue weighted by atomic mass is 10.0. The molecule has 0 aliphatic heterocycles. The van der Waals surface area contributed by atoms with E-state index in [0.717, 1.165) is 89.9 Å². The first-order valence-corrected chi connectivity index (χ1v) is 32.8. The SMILES string of the molecule is CCCCCC/C=C\C/C=C\CCCCCCCCCC(=O)OC(COC(=O)CCCCCCCCCC/C=C\C/C=C\C/C=C\CCCCCCC)COC(=O)CCCCCCCCCCCCCCCCCC. The number of hydrogen-bond donors (Lipinski definition) is 0. The van der Waals surface area contributed by atoms with Gasteiger partial charge in [-0.2, -0.15) is 0 Å². The molecule has 0 radical (unpaired) electrons. The van der Waals surface area contributed by atoms with Gasteiger partial charge in [-0.15, -0.1) is 0 Å². The Morgan fingerprint density at radius 3 is 0.760 bits per heavy atom. The lowest BCUT2D eigenvalue weighted by molar-refractivity contribution is -0.167. The molecule has 0 heterocycles. The maximum atomic E-state index is 12.9. The summed E-state index contributed by atoms with van der Waals surface area (Å²) < 4.78 is 17.0. The number of carbonyl (C=O) groups is 3. The number of carbonyl (C=O) groups excluding carboxylic acids is 3. The lowest BCUT2D eigenvalue weighted by Crippen LogP contribution is -2.30. The van der Waals surface area contributed by atoms with Crippen molar-refractivity contribution in [3.63, 3.8) is 0 Å². The number of allylic oxidation sites excluding steroid dienone is 10. The summed E-state index contributed by atoms with van der Waals surface area (Å²) >= 11 is 0. The van der Waals surface area contributed by atoms with Crippen LogP contribution in [0.1, 0.15) is 342 Å². The summed E-state index contributed by atoms with van der Waals surface area (Å²) in [6.45, 7) is 6.65. The van der Waals surface area contributed by atoms with Crippen LogP contribution < -0.4 is 0 Å². The molecule has 0 saturated heterocycles. The van der Waals surface area contributed by atoms with Gasteiger partial charge >= 0.3 is 17.9 Å². The van der Waals surface area contributed by atoms with Crippen molar-refractivity contribution in [2.75, 3.05) is 13.2 Å². The summed E-state index contributed by atoms with van der Waals surface area (Å²) in [4.78, 5) is 38.4. The number of ether oxygens (including phenoxy) is 3. The Balaban J connectivity index is 4.36. The summed E-state index contributed by atoms with van der Waals surface area (Å²) in [5.41, 5.74) is 0. The third-order valence-corrected chi connectivity index (χ3v) is 14.5. The van der Waals surface area contributed by atoms with Gasteiger partial charge in [-0.3, -0.25) is 14.4 Å². The molecule has 1 unspecified atom stereocenters. The van der Waals surface area contributed by atoms with Gasteiger partial charge in [-0.25, -0.2) is 0 Å². The van der Waals surface area contributed by atoms with Crippen LogP contribution in [0, 0.1) is 0 Å². The Kier molecular flexibility index (Phi) is 61.2. The number of rotatable bonds is 60. The highest BCUT2D eigenvalue weighted by atomic mass is 16.6.